The lowest BCUT2D eigenvalue weighted by atomic mass is 9.94. The minimum atomic E-state index is -4.20. The molecule has 0 radical (unpaired) electrons. The van der Waals surface area contributed by atoms with Crippen molar-refractivity contribution in [3.8, 4) is 0 Å². The second-order valence-corrected chi connectivity index (χ2v) is 15.6. The number of benzene rings is 4. The average Bonchev–Trinajstić information content (AvgIpc) is 3.09. The van der Waals surface area contributed by atoms with Crippen molar-refractivity contribution in [3.63, 3.8) is 0 Å². The molecule has 1 fully saturated rings. The van der Waals surface area contributed by atoms with Gasteiger partial charge in [-0.15, -0.1) is 0 Å². The third-order valence-electron chi connectivity index (χ3n) is 9.23. The van der Waals surface area contributed by atoms with Crippen LogP contribution in [0.25, 0.3) is 0 Å². The van der Waals surface area contributed by atoms with Crippen molar-refractivity contribution in [1.29, 1.82) is 0 Å². The molecule has 0 unspecified atom stereocenters. The molecule has 7 nitrogen and oxygen atoms in total. The highest BCUT2D eigenvalue weighted by atomic mass is 35.5. The molecule has 0 bridgehead atoms. The molecule has 258 valence electrons. The minimum Gasteiger partial charge on any atom is -0.352 e. The molecular formula is C39H43Cl2N3O4S. The van der Waals surface area contributed by atoms with Crippen molar-refractivity contribution in [1.82, 2.24) is 10.2 Å². The maximum Gasteiger partial charge on any atom is 0.264 e. The molecule has 0 spiro atoms. The predicted octanol–water partition coefficient (Wildman–Crippen LogP) is 8.20. The van der Waals surface area contributed by atoms with E-state index in [0.717, 1.165) is 58.7 Å². The number of nitrogens with one attached hydrogen (secondary N) is 1. The van der Waals surface area contributed by atoms with E-state index >= 15 is 0 Å². The Bertz CT molecular complexity index is 1880. The van der Waals surface area contributed by atoms with Crippen molar-refractivity contribution in [3.05, 3.63) is 129 Å². The van der Waals surface area contributed by atoms with E-state index in [-0.39, 0.29) is 29.8 Å². The van der Waals surface area contributed by atoms with Gasteiger partial charge in [-0.05, 0) is 92.3 Å². The summed E-state index contributed by atoms with van der Waals surface area (Å²) in [5.41, 5.74) is 4.68. The molecule has 0 saturated heterocycles. The molecule has 5 rings (SSSR count). The Morgan fingerprint density at radius 3 is 2.14 bits per heavy atom. The zero-order valence-corrected chi connectivity index (χ0v) is 30.5. The van der Waals surface area contributed by atoms with Crippen LogP contribution >= 0.6 is 23.2 Å². The van der Waals surface area contributed by atoms with Crippen molar-refractivity contribution < 1.29 is 18.0 Å². The molecule has 0 aromatic heterocycles. The van der Waals surface area contributed by atoms with Gasteiger partial charge in [0.25, 0.3) is 10.0 Å². The van der Waals surface area contributed by atoms with Gasteiger partial charge in [-0.2, -0.15) is 0 Å². The number of sulfonamides is 1. The van der Waals surface area contributed by atoms with E-state index in [1.165, 1.54) is 4.90 Å². The number of aryl methyl sites for hydroxylation is 3. The Hall–Kier alpha value is -3.85. The molecular weight excluding hydrogens is 677 g/mol. The molecule has 2 amide bonds. The lowest BCUT2D eigenvalue weighted by Gasteiger charge is -2.35. The summed E-state index contributed by atoms with van der Waals surface area (Å²) in [6, 6.07) is 25.6. The van der Waals surface area contributed by atoms with Gasteiger partial charge in [0, 0.05) is 19.0 Å². The number of rotatable bonds is 12. The van der Waals surface area contributed by atoms with Crippen molar-refractivity contribution in [2.45, 2.75) is 82.8 Å². The molecule has 1 atom stereocenters. The summed E-state index contributed by atoms with van der Waals surface area (Å²) in [7, 11) is -4.20. The second kappa shape index (κ2) is 16.2. The lowest BCUT2D eigenvalue weighted by Crippen LogP contribution is -2.55. The monoisotopic (exact) mass is 719 g/mol. The normalized spacial score (nSPS) is 14.2. The van der Waals surface area contributed by atoms with Crippen LogP contribution in [0, 0.1) is 20.8 Å². The molecule has 1 N–H and O–H groups in total. The summed E-state index contributed by atoms with van der Waals surface area (Å²) >= 11 is 12.6. The van der Waals surface area contributed by atoms with Gasteiger partial charge in [-0.3, -0.25) is 13.9 Å². The summed E-state index contributed by atoms with van der Waals surface area (Å²) < 4.78 is 29.8. The standard InChI is InChI=1S/C39H43Cl2N3O4S/c1-27-14-19-34(20-15-27)49(47,48)44(33-18-16-28(2)29(3)22-33)26-38(45)43(25-31-17-21-35(40)36(41)23-31)37(24-30-10-6-4-7-11-30)39(46)42-32-12-8-5-9-13-32/h4,6-7,10-11,14-23,32,37H,5,8-9,12-13,24-26H2,1-3H3,(H,42,46)/t37-/m1/s1. The number of carbonyl (C=O) groups is 2. The molecule has 0 heterocycles. The fourth-order valence-corrected chi connectivity index (χ4v) is 7.91. The van der Waals surface area contributed by atoms with Gasteiger partial charge >= 0.3 is 0 Å². The topological polar surface area (TPSA) is 86.8 Å². The fourth-order valence-electron chi connectivity index (χ4n) is 6.18. The summed E-state index contributed by atoms with van der Waals surface area (Å²) in [6.45, 7) is 5.21. The summed E-state index contributed by atoms with van der Waals surface area (Å²) in [4.78, 5) is 30.6. The van der Waals surface area contributed by atoms with Crippen LogP contribution in [0.5, 0.6) is 0 Å². The number of carbonyl (C=O) groups excluding carboxylic acids is 2. The van der Waals surface area contributed by atoms with Gasteiger partial charge in [0.2, 0.25) is 11.8 Å². The van der Waals surface area contributed by atoms with E-state index in [9.17, 15) is 18.0 Å². The Morgan fingerprint density at radius 1 is 0.796 bits per heavy atom. The number of hydrogen-bond acceptors (Lipinski definition) is 4. The highest BCUT2D eigenvalue weighted by Crippen LogP contribution is 2.29. The van der Waals surface area contributed by atoms with Gasteiger partial charge in [0.15, 0.2) is 0 Å². The fraction of sp³-hybridized carbons (Fsp3) is 0.333. The van der Waals surface area contributed by atoms with E-state index in [0.29, 0.717) is 21.3 Å². The molecule has 0 aliphatic heterocycles. The molecule has 4 aromatic carbocycles. The van der Waals surface area contributed by atoms with Gasteiger partial charge in [-0.25, -0.2) is 8.42 Å². The first-order valence-corrected chi connectivity index (χ1v) is 18.9. The Labute approximate surface area is 300 Å². The van der Waals surface area contributed by atoms with Crippen LogP contribution in [-0.4, -0.2) is 43.8 Å². The maximum atomic E-state index is 14.8. The van der Waals surface area contributed by atoms with Crippen LogP contribution in [0.2, 0.25) is 10.0 Å². The minimum absolute atomic E-state index is 0.00963. The molecule has 49 heavy (non-hydrogen) atoms. The Balaban J connectivity index is 1.59. The van der Waals surface area contributed by atoms with Gasteiger partial charge in [0.1, 0.15) is 12.6 Å². The summed E-state index contributed by atoms with van der Waals surface area (Å²) in [6.07, 6.45) is 5.18. The largest absolute Gasteiger partial charge is 0.352 e. The number of halogens is 2. The van der Waals surface area contributed by atoms with Crippen LogP contribution in [0.4, 0.5) is 5.69 Å². The lowest BCUT2D eigenvalue weighted by molar-refractivity contribution is -0.140. The SMILES string of the molecule is Cc1ccc(S(=O)(=O)N(CC(=O)N(Cc2ccc(Cl)c(Cl)c2)[C@H](Cc2ccccc2)C(=O)NC2CCCCC2)c2ccc(C)c(C)c2)cc1. The first-order valence-electron chi connectivity index (χ1n) is 16.7. The van der Waals surface area contributed by atoms with Crippen LogP contribution < -0.4 is 9.62 Å². The van der Waals surface area contributed by atoms with E-state index in [4.69, 9.17) is 23.2 Å². The zero-order valence-electron chi connectivity index (χ0n) is 28.2. The molecule has 1 saturated carbocycles. The molecule has 4 aromatic rings. The van der Waals surface area contributed by atoms with Crippen LogP contribution in [0.1, 0.15) is 59.9 Å². The van der Waals surface area contributed by atoms with Crippen LogP contribution in [-0.2, 0) is 32.6 Å². The predicted molar refractivity (Wildman–Crippen MR) is 198 cm³/mol. The molecule has 1 aliphatic rings. The number of nitrogens with zero attached hydrogens (tertiary/aromatic N) is 2. The zero-order chi connectivity index (χ0) is 35.1. The van der Waals surface area contributed by atoms with Crippen LogP contribution in [0.15, 0.2) is 95.9 Å². The summed E-state index contributed by atoms with van der Waals surface area (Å²) in [5, 5.41) is 3.91. The van der Waals surface area contributed by atoms with Crippen molar-refractivity contribution >= 4 is 50.7 Å². The third-order valence-corrected chi connectivity index (χ3v) is 11.8. The highest BCUT2D eigenvalue weighted by Gasteiger charge is 2.35. The first-order chi connectivity index (χ1) is 23.4. The van der Waals surface area contributed by atoms with Crippen molar-refractivity contribution in [2.24, 2.45) is 0 Å². The van der Waals surface area contributed by atoms with Crippen molar-refractivity contribution in [2.75, 3.05) is 10.8 Å². The highest BCUT2D eigenvalue weighted by molar-refractivity contribution is 7.92. The maximum absolute atomic E-state index is 14.8. The first kappa shape index (κ1) is 36.4. The van der Waals surface area contributed by atoms with E-state index < -0.39 is 28.5 Å². The van der Waals surface area contributed by atoms with Crippen LogP contribution in [0.3, 0.4) is 0 Å². The third kappa shape index (κ3) is 9.24. The average molecular weight is 721 g/mol. The van der Waals surface area contributed by atoms with E-state index in [1.54, 1.807) is 54.6 Å². The quantitative estimate of drug-likeness (QED) is 0.160. The molecule has 10 heteroatoms. The van der Waals surface area contributed by atoms with Gasteiger partial charge in [0.05, 0.1) is 20.6 Å². The number of amides is 2. The Kier molecular flexibility index (Phi) is 12.1. The van der Waals surface area contributed by atoms with E-state index in [1.807, 2.05) is 57.2 Å². The summed E-state index contributed by atoms with van der Waals surface area (Å²) in [5.74, 6) is -0.803. The number of anilines is 1. The van der Waals surface area contributed by atoms with Gasteiger partial charge < -0.3 is 10.2 Å². The number of hydrogen-bond donors (Lipinski definition) is 1. The smallest absolute Gasteiger partial charge is 0.264 e. The Morgan fingerprint density at radius 2 is 1.49 bits per heavy atom. The van der Waals surface area contributed by atoms with Gasteiger partial charge in [-0.1, -0.05) is 103 Å². The molecule has 1 aliphatic carbocycles. The second-order valence-electron chi connectivity index (χ2n) is 12.9. The van der Waals surface area contributed by atoms with E-state index in [2.05, 4.69) is 5.32 Å².